The summed E-state index contributed by atoms with van der Waals surface area (Å²) in [7, 11) is 1.60. The number of hydrogen-bond donors (Lipinski definition) is 2. The van der Waals surface area contributed by atoms with Gasteiger partial charge in [0.25, 0.3) is 5.91 Å². The normalized spacial score (nSPS) is 10.5. The number of nitrogens with zero attached hydrogens (tertiary/aromatic N) is 2. The number of nitrogen functional groups attached to an aromatic ring is 1. The van der Waals surface area contributed by atoms with Crippen molar-refractivity contribution in [3.63, 3.8) is 0 Å². The van der Waals surface area contributed by atoms with E-state index in [-0.39, 0.29) is 22.1 Å². The summed E-state index contributed by atoms with van der Waals surface area (Å²) < 4.78 is 14.5. The second kappa shape index (κ2) is 4.89. The van der Waals surface area contributed by atoms with Crippen molar-refractivity contribution >= 4 is 28.9 Å². The van der Waals surface area contributed by atoms with Crippen LogP contribution in [0.15, 0.2) is 18.2 Å². The Kier molecular flexibility index (Phi) is 3.44. The van der Waals surface area contributed by atoms with Gasteiger partial charge >= 0.3 is 0 Å². The summed E-state index contributed by atoms with van der Waals surface area (Å²) in [6.07, 6.45) is 0. The second-order valence-corrected chi connectivity index (χ2v) is 4.46. The van der Waals surface area contributed by atoms with E-state index in [0.717, 1.165) is 6.07 Å². The molecule has 19 heavy (non-hydrogen) atoms. The minimum absolute atomic E-state index is 0.185. The third kappa shape index (κ3) is 2.53. The number of carbonyl (C=O) groups is 1. The van der Waals surface area contributed by atoms with E-state index < -0.39 is 11.7 Å². The lowest BCUT2D eigenvalue weighted by molar-refractivity contribution is 0.101. The standard InChI is InChI=1S/C12H12ClFN4O/c1-6-10(15)11(18(2)17-6)12(19)16-9-5-7(14)3-4-8(9)13/h3-5H,15H2,1-2H3,(H,16,19). The van der Waals surface area contributed by atoms with Crippen LogP contribution < -0.4 is 11.1 Å². The number of aryl methyl sites for hydroxylation is 2. The Bertz CT molecular complexity index is 653. The van der Waals surface area contributed by atoms with Crippen molar-refractivity contribution in [2.45, 2.75) is 6.92 Å². The fourth-order valence-electron chi connectivity index (χ4n) is 1.72. The molecule has 1 aromatic carbocycles. The number of nitrogens with one attached hydrogen (secondary N) is 1. The van der Waals surface area contributed by atoms with Gasteiger partial charge in [-0.25, -0.2) is 4.39 Å². The van der Waals surface area contributed by atoms with Crippen LogP contribution in [0.1, 0.15) is 16.2 Å². The molecule has 1 amide bonds. The van der Waals surface area contributed by atoms with Crippen LogP contribution in [0.25, 0.3) is 0 Å². The number of rotatable bonds is 2. The highest BCUT2D eigenvalue weighted by Gasteiger charge is 2.18. The van der Waals surface area contributed by atoms with Crippen molar-refractivity contribution < 1.29 is 9.18 Å². The van der Waals surface area contributed by atoms with Gasteiger partial charge in [-0.1, -0.05) is 11.6 Å². The van der Waals surface area contributed by atoms with Gasteiger partial charge in [0.15, 0.2) is 0 Å². The summed E-state index contributed by atoms with van der Waals surface area (Å²) in [5, 5.41) is 6.79. The molecule has 1 aromatic heterocycles. The minimum atomic E-state index is -0.493. The molecule has 0 radical (unpaired) electrons. The van der Waals surface area contributed by atoms with Crippen molar-refractivity contribution in [3.8, 4) is 0 Å². The maximum absolute atomic E-state index is 13.1. The van der Waals surface area contributed by atoms with Gasteiger partial charge in [-0.3, -0.25) is 9.48 Å². The topological polar surface area (TPSA) is 72.9 Å². The molecule has 0 bridgehead atoms. The van der Waals surface area contributed by atoms with Crippen LogP contribution in [0.2, 0.25) is 5.02 Å². The van der Waals surface area contributed by atoms with Crippen molar-refractivity contribution in [2.75, 3.05) is 11.1 Å². The summed E-state index contributed by atoms with van der Waals surface area (Å²) in [6, 6.07) is 3.71. The molecule has 0 atom stereocenters. The first-order valence-corrected chi connectivity index (χ1v) is 5.83. The Labute approximate surface area is 114 Å². The van der Waals surface area contributed by atoms with Crippen LogP contribution in [-0.4, -0.2) is 15.7 Å². The Morgan fingerprint density at radius 3 is 2.79 bits per heavy atom. The average molecular weight is 283 g/mol. The van der Waals surface area contributed by atoms with E-state index in [4.69, 9.17) is 17.3 Å². The van der Waals surface area contributed by atoms with Crippen molar-refractivity contribution in [3.05, 3.63) is 40.4 Å². The van der Waals surface area contributed by atoms with E-state index in [1.807, 2.05) is 0 Å². The maximum Gasteiger partial charge on any atom is 0.276 e. The van der Waals surface area contributed by atoms with Crippen LogP contribution in [-0.2, 0) is 7.05 Å². The van der Waals surface area contributed by atoms with E-state index in [1.54, 1.807) is 14.0 Å². The Balaban J connectivity index is 2.33. The molecule has 0 aliphatic heterocycles. The number of hydrogen-bond acceptors (Lipinski definition) is 3. The number of nitrogens with two attached hydrogens (primary N) is 1. The maximum atomic E-state index is 13.1. The molecular formula is C12H12ClFN4O. The van der Waals surface area contributed by atoms with Gasteiger partial charge in [-0.2, -0.15) is 5.10 Å². The predicted octanol–water partition coefficient (Wildman–Crippen LogP) is 2.36. The number of anilines is 2. The fraction of sp³-hybridized carbons (Fsp3) is 0.167. The summed E-state index contributed by atoms with van der Waals surface area (Å²) in [6.45, 7) is 1.70. The highest BCUT2D eigenvalue weighted by Crippen LogP contribution is 2.24. The van der Waals surface area contributed by atoms with Crippen LogP contribution in [0.5, 0.6) is 0 Å². The van der Waals surface area contributed by atoms with E-state index in [9.17, 15) is 9.18 Å². The van der Waals surface area contributed by atoms with E-state index in [1.165, 1.54) is 16.8 Å². The Morgan fingerprint density at radius 2 is 2.21 bits per heavy atom. The van der Waals surface area contributed by atoms with Gasteiger partial charge in [0.2, 0.25) is 0 Å². The molecule has 5 nitrogen and oxygen atoms in total. The zero-order valence-corrected chi connectivity index (χ0v) is 11.1. The quantitative estimate of drug-likeness (QED) is 0.888. The fourth-order valence-corrected chi connectivity index (χ4v) is 1.88. The summed E-state index contributed by atoms with van der Waals surface area (Å²) in [5.41, 5.74) is 7.00. The van der Waals surface area contributed by atoms with Gasteiger partial charge in [0.1, 0.15) is 11.5 Å². The first kappa shape index (κ1) is 13.4. The zero-order valence-electron chi connectivity index (χ0n) is 10.4. The van der Waals surface area contributed by atoms with Crippen LogP contribution in [0.3, 0.4) is 0 Å². The van der Waals surface area contributed by atoms with Crippen molar-refractivity contribution in [2.24, 2.45) is 7.05 Å². The lowest BCUT2D eigenvalue weighted by atomic mass is 10.2. The summed E-state index contributed by atoms with van der Waals surface area (Å²) >= 11 is 5.88. The number of amides is 1. The number of halogens is 2. The Hall–Kier alpha value is -2.08. The third-order valence-corrected chi connectivity index (χ3v) is 2.99. The largest absolute Gasteiger partial charge is 0.395 e. The molecule has 0 aliphatic rings. The first-order chi connectivity index (χ1) is 8.90. The first-order valence-electron chi connectivity index (χ1n) is 5.45. The molecule has 0 saturated heterocycles. The van der Waals surface area contributed by atoms with Crippen LogP contribution >= 0.6 is 11.6 Å². The van der Waals surface area contributed by atoms with Crippen molar-refractivity contribution in [1.29, 1.82) is 0 Å². The highest BCUT2D eigenvalue weighted by atomic mass is 35.5. The third-order valence-electron chi connectivity index (χ3n) is 2.66. The predicted molar refractivity (Wildman–Crippen MR) is 71.7 cm³/mol. The SMILES string of the molecule is Cc1nn(C)c(C(=O)Nc2cc(F)ccc2Cl)c1N. The number of carbonyl (C=O) groups excluding carboxylic acids is 1. The second-order valence-electron chi connectivity index (χ2n) is 4.05. The van der Waals surface area contributed by atoms with Gasteiger partial charge < -0.3 is 11.1 Å². The molecule has 0 saturated carbocycles. The number of benzene rings is 1. The molecule has 1 heterocycles. The molecule has 2 rings (SSSR count). The zero-order chi connectivity index (χ0) is 14.2. The molecule has 2 aromatic rings. The van der Waals surface area contributed by atoms with E-state index >= 15 is 0 Å². The highest BCUT2D eigenvalue weighted by molar-refractivity contribution is 6.33. The molecule has 7 heteroatoms. The lowest BCUT2D eigenvalue weighted by Gasteiger charge is -2.08. The van der Waals surface area contributed by atoms with Gasteiger partial charge in [0.05, 0.1) is 22.1 Å². The molecule has 3 N–H and O–H groups in total. The molecular weight excluding hydrogens is 271 g/mol. The Morgan fingerprint density at radius 1 is 1.53 bits per heavy atom. The van der Waals surface area contributed by atoms with Gasteiger partial charge in [0, 0.05) is 7.05 Å². The summed E-state index contributed by atoms with van der Waals surface area (Å²) in [5.74, 6) is -0.984. The smallest absolute Gasteiger partial charge is 0.276 e. The van der Waals surface area contributed by atoms with Crippen LogP contribution in [0.4, 0.5) is 15.8 Å². The molecule has 0 unspecified atom stereocenters. The lowest BCUT2D eigenvalue weighted by Crippen LogP contribution is -2.18. The molecule has 100 valence electrons. The monoisotopic (exact) mass is 282 g/mol. The van der Waals surface area contributed by atoms with E-state index in [2.05, 4.69) is 10.4 Å². The minimum Gasteiger partial charge on any atom is -0.395 e. The molecule has 0 aliphatic carbocycles. The number of aromatic nitrogens is 2. The molecule has 0 fully saturated rings. The van der Waals surface area contributed by atoms with Gasteiger partial charge in [-0.05, 0) is 25.1 Å². The van der Waals surface area contributed by atoms with Crippen LogP contribution in [0, 0.1) is 12.7 Å². The summed E-state index contributed by atoms with van der Waals surface area (Å²) in [4.78, 5) is 12.1. The van der Waals surface area contributed by atoms with E-state index in [0.29, 0.717) is 5.69 Å². The van der Waals surface area contributed by atoms with Gasteiger partial charge in [-0.15, -0.1) is 0 Å². The molecule has 0 spiro atoms. The van der Waals surface area contributed by atoms with Crippen molar-refractivity contribution in [1.82, 2.24) is 9.78 Å². The average Bonchev–Trinajstić information content (AvgIpc) is 2.58.